The maximum atomic E-state index is 11.5. The average Bonchev–Trinajstić information content (AvgIpc) is 2.19. The van der Waals surface area contributed by atoms with Gasteiger partial charge in [0.2, 0.25) is 5.91 Å². The van der Waals surface area contributed by atoms with Crippen LogP contribution in [0, 0.1) is 0 Å². The van der Waals surface area contributed by atoms with Crippen molar-refractivity contribution in [1.82, 2.24) is 0 Å². The molecule has 1 unspecified atom stereocenters. The smallest absolute Gasteiger partial charge is 0.235 e. The lowest BCUT2D eigenvalue weighted by molar-refractivity contribution is -0.117. The van der Waals surface area contributed by atoms with E-state index in [9.17, 15) is 9.59 Å². The van der Waals surface area contributed by atoms with Crippen LogP contribution in [0.4, 0.5) is 0 Å². The summed E-state index contributed by atoms with van der Waals surface area (Å²) in [4.78, 5) is 22.1. The second-order valence-corrected chi connectivity index (χ2v) is 3.39. The predicted octanol–water partition coefficient (Wildman–Crippen LogP) is 1.35. The van der Waals surface area contributed by atoms with Crippen molar-refractivity contribution in [3.63, 3.8) is 0 Å². The zero-order valence-corrected chi connectivity index (χ0v) is 8.20. The van der Waals surface area contributed by atoms with Gasteiger partial charge in [0.1, 0.15) is 5.38 Å². The van der Waals surface area contributed by atoms with E-state index in [-0.39, 0.29) is 12.2 Å². The van der Waals surface area contributed by atoms with E-state index in [2.05, 4.69) is 0 Å². The molecule has 14 heavy (non-hydrogen) atoms. The van der Waals surface area contributed by atoms with E-state index in [0.717, 1.165) is 0 Å². The van der Waals surface area contributed by atoms with Gasteiger partial charge >= 0.3 is 0 Å². The molecule has 0 fully saturated rings. The number of rotatable bonds is 4. The number of hydrogen-bond donors (Lipinski definition) is 1. The Morgan fingerprint density at radius 2 is 1.86 bits per heavy atom. The average molecular weight is 212 g/mol. The van der Waals surface area contributed by atoms with Crippen LogP contribution in [0.25, 0.3) is 0 Å². The van der Waals surface area contributed by atoms with Gasteiger partial charge in [-0.3, -0.25) is 9.59 Å². The van der Waals surface area contributed by atoms with Crippen molar-refractivity contribution in [2.24, 2.45) is 5.73 Å². The number of hydrogen-bond acceptors (Lipinski definition) is 2. The molecule has 0 heterocycles. The number of carbonyl (C=O) groups excluding carboxylic acids is 2. The van der Waals surface area contributed by atoms with Crippen molar-refractivity contribution in [3.8, 4) is 0 Å². The molecule has 2 N–H and O–H groups in total. The van der Waals surface area contributed by atoms with Crippen molar-refractivity contribution in [2.75, 3.05) is 0 Å². The quantitative estimate of drug-likeness (QED) is 0.604. The van der Waals surface area contributed by atoms with Gasteiger partial charge in [-0.1, -0.05) is 30.3 Å². The van der Waals surface area contributed by atoms with Gasteiger partial charge in [0, 0.05) is 12.0 Å². The molecule has 1 atom stereocenters. The molecular weight excluding hydrogens is 202 g/mol. The van der Waals surface area contributed by atoms with Crippen LogP contribution in [0.2, 0.25) is 0 Å². The van der Waals surface area contributed by atoms with Crippen LogP contribution >= 0.6 is 11.6 Å². The van der Waals surface area contributed by atoms with Crippen molar-refractivity contribution in [2.45, 2.75) is 11.8 Å². The summed E-state index contributed by atoms with van der Waals surface area (Å²) in [6, 6.07) is 8.66. The van der Waals surface area contributed by atoms with Crippen LogP contribution in [0.3, 0.4) is 0 Å². The maximum Gasteiger partial charge on any atom is 0.235 e. The highest BCUT2D eigenvalue weighted by Crippen LogP contribution is 2.08. The van der Waals surface area contributed by atoms with Crippen LogP contribution in [0.15, 0.2) is 30.3 Å². The summed E-state index contributed by atoms with van der Waals surface area (Å²) in [7, 11) is 0. The minimum atomic E-state index is -0.928. The second kappa shape index (κ2) is 4.77. The summed E-state index contributed by atoms with van der Waals surface area (Å²) < 4.78 is 0. The molecule has 0 aromatic heterocycles. The monoisotopic (exact) mass is 211 g/mol. The fraction of sp³-hybridized carbons (Fsp3) is 0.200. The van der Waals surface area contributed by atoms with Gasteiger partial charge in [0.15, 0.2) is 5.78 Å². The third-order valence-electron chi connectivity index (χ3n) is 1.77. The van der Waals surface area contributed by atoms with Gasteiger partial charge in [0.05, 0.1) is 0 Å². The van der Waals surface area contributed by atoms with E-state index in [1.165, 1.54) is 0 Å². The molecule has 0 saturated carbocycles. The number of halogens is 1. The van der Waals surface area contributed by atoms with Gasteiger partial charge in [-0.05, 0) is 0 Å². The third-order valence-corrected chi connectivity index (χ3v) is 2.14. The number of nitrogens with two attached hydrogens (primary N) is 1. The molecule has 0 aliphatic rings. The Hall–Kier alpha value is -1.35. The SMILES string of the molecule is NC(=O)C(Cl)CC(=O)c1ccccc1. The summed E-state index contributed by atoms with van der Waals surface area (Å²) in [5, 5.41) is -0.928. The summed E-state index contributed by atoms with van der Waals surface area (Å²) >= 11 is 5.57. The van der Waals surface area contributed by atoms with Gasteiger partial charge < -0.3 is 5.73 Å². The lowest BCUT2D eigenvalue weighted by Gasteiger charge is -2.03. The Morgan fingerprint density at radius 3 is 2.36 bits per heavy atom. The summed E-state index contributed by atoms with van der Waals surface area (Å²) in [6.45, 7) is 0. The molecule has 0 spiro atoms. The molecule has 0 saturated heterocycles. The highest BCUT2D eigenvalue weighted by atomic mass is 35.5. The van der Waals surface area contributed by atoms with E-state index >= 15 is 0 Å². The number of alkyl halides is 1. The van der Waals surface area contributed by atoms with Gasteiger partial charge in [0.25, 0.3) is 0 Å². The first kappa shape index (κ1) is 10.7. The molecule has 1 amide bonds. The second-order valence-electron chi connectivity index (χ2n) is 2.86. The summed E-state index contributed by atoms with van der Waals surface area (Å²) in [5.74, 6) is -0.847. The van der Waals surface area contributed by atoms with E-state index in [0.29, 0.717) is 5.56 Å². The first-order chi connectivity index (χ1) is 6.61. The van der Waals surface area contributed by atoms with Crippen molar-refractivity contribution in [1.29, 1.82) is 0 Å². The Morgan fingerprint density at radius 1 is 1.29 bits per heavy atom. The minimum absolute atomic E-state index is 0.0547. The molecule has 0 aliphatic heterocycles. The molecule has 74 valence electrons. The Kier molecular flexibility index (Phi) is 3.65. The van der Waals surface area contributed by atoms with E-state index in [4.69, 9.17) is 17.3 Å². The lowest BCUT2D eigenvalue weighted by Crippen LogP contribution is -2.26. The van der Waals surface area contributed by atoms with Crippen LogP contribution in [0.1, 0.15) is 16.8 Å². The molecule has 1 rings (SSSR count). The highest BCUT2D eigenvalue weighted by Gasteiger charge is 2.16. The van der Waals surface area contributed by atoms with Crippen LogP contribution in [0.5, 0.6) is 0 Å². The molecule has 1 aromatic carbocycles. The molecule has 0 bridgehead atoms. The largest absolute Gasteiger partial charge is 0.368 e. The number of amides is 1. The Balaban J connectivity index is 2.64. The number of Topliss-reactive ketones (excluding diaryl/α,β-unsaturated/α-hetero) is 1. The number of carbonyl (C=O) groups is 2. The standard InChI is InChI=1S/C10H10ClNO2/c11-8(10(12)14)6-9(13)7-4-2-1-3-5-7/h1-5,8H,6H2,(H2,12,14). The highest BCUT2D eigenvalue weighted by molar-refractivity contribution is 6.32. The summed E-state index contributed by atoms with van der Waals surface area (Å²) in [6.07, 6.45) is -0.0547. The third kappa shape index (κ3) is 2.85. The van der Waals surface area contributed by atoms with Crippen LogP contribution in [-0.2, 0) is 4.79 Å². The van der Waals surface area contributed by atoms with Crippen molar-refractivity contribution < 1.29 is 9.59 Å². The Labute approximate surface area is 86.9 Å². The zero-order chi connectivity index (χ0) is 10.6. The van der Waals surface area contributed by atoms with E-state index in [1.807, 2.05) is 6.07 Å². The summed E-state index contributed by atoms with van der Waals surface area (Å²) in [5.41, 5.74) is 5.48. The molecule has 1 aromatic rings. The first-order valence-electron chi connectivity index (χ1n) is 4.13. The van der Waals surface area contributed by atoms with E-state index in [1.54, 1.807) is 24.3 Å². The van der Waals surface area contributed by atoms with Gasteiger partial charge in [-0.15, -0.1) is 11.6 Å². The van der Waals surface area contributed by atoms with E-state index < -0.39 is 11.3 Å². The molecule has 0 aliphatic carbocycles. The van der Waals surface area contributed by atoms with Crippen LogP contribution in [-0.4, -0.2) is 17.1 Å². The number of benzene rings is 1. The number of ketones is 1. The maximum absolute atomic E-state index is 11.5. The fourth-order valence-electron chi connectivity index (χ4n) is 1.01. The lowest BCUT2D eigenvalue weighted by atomic mass is 10.1. The van der Waals surface area contributed by atoms with Crippen molar-refractivity contribution in [3.05, 3.63) is 35.9 Å². The molecular formula is C10H10ClNO2. The fourth-order valence-corrected chi connectivity index (χ4v) is 1.15. The van der Waals surface area contributed by atoms with Gasteiger partial charge in [-0.25, -0.2) is 0 Å². The zero-order valence-electron chi connectivity index (χ0n) is 7.44. The Bertz CT molecular complexity index is 337. The molecule has 3 nitrogen and oxygen atoms in total. The normalized spacial score (nSPS) is 12.1. The molecule has 0 radical (unpaired) electrons. The topological polar surface area (TPSA) is 60.2 Å². The first-order valence-corrected chi connectivity index (χ1v) is 4.56. The van der Waals surface area contributed by atoms with Crippen LogP contribution < -0.4 is 5.73 Å². The van der Waals surface area contributed by atoms with Gasteiger partial charge in [-0.2, -0.15) is 0 Å². The predicted molar refractivity (Wildman–Crippen MR) is 54.2 cm³/mol. The minimum Gasteiger partial charge on any atom is -0.368 e. The molecule has 4 heteroatoms. The number of primary amides is 1. The van der Waals surface area contributed by atoms with Crippen molar-refractivity contribution >= 4 is 23.3 Å².